The molecule has 0 bridgehead atoms. The number of rotatable bonds is 3. The highest BCUT2D eigenvalue weighted by molar-refractivity contribution is 8.12. The van der Waals surface area contributed by atoms with E-state index in [0.29, 0.717) is 0 Å². The van der Waals surface area contributed by atoms with Gasteiger partial charge in [0.05, 0.1) is 5.56 Å². The van der Waals surface area contributed by atoms with Crippen LogP contribution in [-0.4, -0.2) is 42.3 Å². The van der Waals surface area contributed by atoms with Gasteiger partial charge in [-0.05, 0) is 36.4 Å². The molecule has 0 radical (unpaired) electrons. The summed E-state index contributed by atoms with van der Waals surface area (Å²) in [5, 5.41) is 30.1. The summed E-state index contributed by atoms with van der Waals surface area (Å²) in [6.07, 6.45) is 0.763. The maximum atomic E-state index is 13.1. The van der Waals surface area contributed by atoms with E-state index in [1.165, 1.54) is 42.5 Å². The van der Waals surface area contributed by atoms with Crippen LogP contribution in [0.2, 0.25) is 0 Å². The molecule has 0 aromatic heterocycles. The number of halogens is 5. The lowest BCUT2D eigenvalue weighted by molar-refractivity contribution is -0.0000233. The highest BCUT2D eigenvalue weighted by Gasteiger charge is 2.25. The zero-order valence-corrected chi connectivity index (χ0v) is 27.2. The number of nitriles is 2. The molecule has 0 atom stereocenters. The van der Waals surface area contributed by atoms with Gasteiger partial charge in [0.2, 0.25) is 0 Å². The van der Waals surface area contributed by atoms with Crippen LogP contribution in [0.5, 0.6) is 17.2 Å². The molecule has 0 fully saturated rings. The van der Waals surface area contributed by atoms with Gasteiger partial charge in [-0.15, -0.1) is 4.40 Å². The fourth-order valence-corrected chi connectivity index (χ4v) is 3.89. The number of amidine groups is 1. The van der Waals surface area contributed by atoms with E-state index in [9.17, 15) is 38.4 Å². The molecule has 0 amide bonds. The van der Waals surface area contributed by atoms with Crippen molar-refractivity contribution in [1.82, 2.24) is 0 Å². The number of phenols is 1. The number of isocyanates is 1. The monoisotopic (exact) mass is 837 g/mol. The normalized spacial score (nSPS) is 12.1. The third kappa shape index (κ3) is 14.1. The van der Waals surface area contributed by atoms with Crippen LogP contribution in [0.15, 0.2) is 63.4 Å². The predicted molar refractivity (Wildman–Crippen MR) is 147 cm³/mol. The Morgan fingerprint density at radius 1 is 0.935 bits per heavy atom. The van der Waals surface area contributed by atoms with Crippen molar-refractivity contribution in [2.45, 2.75) is 0 Å². The number of benzene rings is 3. The molecule has 16 nitrogen and oxygen atoms in total. The smallest absolute Gasteiger partial charge is 0.430 e. The molecule has 1 heterocycles. The molecule has 1 aliphatic heterocycles. The van der Waals surface area contributed by atoms with Crippen molar-refractivity contribution in [2.24, 2.45) is 19.7 Å². The van der Waals surface area contributed by atoms with E-state index >= 15 is 0 Å². The van der Waals surface area contributed by atoms with E-state index in [2.05, 4.69) is 33.0 Å². The standard InChI is InChI=1S/2C7H5FN2O3S.C7H4FNO.CClNO3S.HI/c8-4-2-1-3-5-6(4)7(9)10-14(11,12)13-5;8-6-2-1-3-7(5(6)4-9)13-14(10,11)12;8-6-2-1-3-7(10)5(6)4-9;2-7(5,6)3-1-4;/h1-3H,(H2,9,10);1-3H,(H2,10,11,12);1-3,10H;;1H/p-1. The maximum Gasteiger partial charge on any atom is 0.430 e. The van der Waals surface area contributed by atoms with Crippen LogP contribution in [-0.2, 0) is 34.6 Å². The molecule has 5 N–H and O–H groups in total. The lowest BCUT2D eigenvalue weighted by Gasteiger charge is -2.13. The maximum absolute atomic E-state index is 13.1. The molecule has 24 heteroatoms. The lowest BCUT2D eigenvalue weighted by atomic mass is 10.2. The minimum absolute atomic E-state index is 0. The molecule has 4 rings (SSSR count). The highest BCUT2D eigenvalue weighted by Crippen LogP contribution is 2.26. The second kappa shape index (κ2) is 17.9. The number of nitrogens with zero attached hydrogens (tertiary/aromatic N) is 4. The van der Waals surface area contributed by atoms with Gasteiger partial charge in [-0.2, -0.15) is 40.9 Å². The van der Waals surface area contributed by atoms with Gasteiger partial charge in [0, 0.05) is 10.7 Å². The van der Waals surface area contributed by atoms with Gasteiger partial charge in [0.15, 0.2) is 17.3 Å². The van der Waals surface area contributed by atoms with Gasteiger partial charge in [0.25, 0.3) is 6.08 Å². The average molecular weight is 838 g/mol. The Kier molecular flexibility index (Phi) is 16.1. The van der Waals surface area contributed by atoms with E-state index in [4.69, 9.17) is 26.2 Å². The van der Waals surface area contributed by atoms with Gasteiger partial charge < -0.3 is 43.2 Å². The van der Waals surface area contributed by atoms with Crippen LogP contribution in [0.25, 0.3) is 0 Å². The summed E-state index contributed by atoms with van der Waals surface area (Å²) in [5.41, 5.74) is 4.35. The number of nitrogens with two attached hydrogens (primary N) is 2. The van der Waals surface area contributed by atoms with Gasteiger partial charge in [-0.1, -0.05) is 22.6 Å². The number of fused-ring (bicyclic) bond motifs is 1. The van der Waals surface area contributed by atoms with Crippen LogP contribution in [0.4, 0.5) is 13.2 Å². The first kappa shape index (κ1) is 41.5. The summed E-state index contributed by atoms with van der Waals surface area (Å²) in [7, 11) is -7.93. The van der Waals surface area contributed by atoms with Crippen LogP contribution in [0.3, 0.4) is 0 Å². The molecule has 0 aliphatic carbocycles. The molecule has 3 aromatic rings. The van der Waals surface area contributed by atoms with Crippen LogP contribution in [0, 0.1) is 40.1 Å². The van der Waals surface area contributed by atoms with Crippen LogP contribution < -0.4 is 43.2 Å². The first-order chi connectivity index (χ1) is 20.7. The molecular formula is C22H14ClF3IN6O10S3-. The molecule has 0 unspecified atom stereocenters. The molecule has 1 aliphatic rings. The van der Waals surface area contributed by atoms with Crippen molar-refractivity contribution in [3.05, 3.63) is 88.7 Å². The topological polar surface area (TPSA) is 283 Å². The van der Waals surface area contributed by atoms with Crippen molar-refractivity contribution in [2.75, 3.05) is 0 Å². The Hall–Kier alpha value is -4.49. The van der Waals surface area contributed by atoms with Gasteiger partial charge >= 0.3 is 29.8 Å². The Bertz CT molecular complexity index is 2070. The first-order valence-electron chi connectivity index (χ1n) is 10.7. The number of hydrogen-bond donors (Lipinski definition) is 3. The number of hydrogen-bond acceptors (Lipinski definition) is 13. The van der Waals surface area contributed by atoms with E-state index < -0.39 is 64.4 Å². The summed E-state index contributed by atoms with van der Waals surface area (Å²) in [6, 6.07) is 13.8. The van der Waals surface area contributed by atoms with Crippen LogP contribution >= 0.6 is 10.7 Å². The molecule has 46 heavy (non-hydrogen) atoms. The summed E-state index contributed by atoms with van der Waals surface area (Å²) in [6.45, 7) is 0. The number of carbonyl (C=O) groups excluding carboxylic acids is 1. The molecular weight excluding hydrogens is 824 g/mol. The Balaban J connectivity index is 0.000000602. The molecule has 0 spiro atoms. The minimum atomic E-state index is -4.24. The second-order valence-corrected chi connectivity index (χ2v) is 11.8. The van der Waals surface area contributed by atoms with E-state index in [-0.39, 0.29) is 46.6 Å². The largest absolute Gasteiger partial charge is 1.00 e. The average Bonchev–Trinajstić information content (AvgIpc) is 2.88. The lowest BCUT2D eigenvalue weighted by Crippen LogP contribution is -3.00. The van der Waals surface area contributed by atoms with Crippen LogP contribution in [0.1, 0.15) is 16.7 Å². The van der Waals surface area contributed by atoms with Crippen molar-refractivity contribution < 1.29 is 80.7 Å². The van der Waals surface area contributed by atoms with E-state index in [1.807, 2.05) is 0 Å². The molecule has 0 saturated heterocycles. The van der Waals surface area contributed by atoms with Gasteiger partial charge in [-0.25, -0.2) is 18.0 Å². The first-order valence-corrected chi connectivity index (χ1v) is 15.8. The van der Waals surface area contributed by atoms with E-state index in [1.54, 1.807) is 0 Å². The summed E-state index contributed by atoms with van der Waals surface area (Å²) in [4.78, 5) is 9.07. The van der Waals surface area contributed by atoms with Crippen molar-refractivity contribution in [3.8, 4) is 29.4 Å². The quantitative estimate of drug-likeness (QED) is 0.119. The summed E-state index contributed by atoms with van der Waals surface area (Å²) < 4.78 is 114. The molecule has 0 saturated carbocycles. The van der Waals surface area contributed by atoms with Crippen molar-refractivity contribution >= 4 is 52.4 Å². The van der Waals surface area contributed by atoms with Gasteiger partial charge in [0.1, 0.15) is 46.5 Å². The van der Waals surface area contributed by atoms with Crippen molar-refractivity contribution in [1.29, 1.82) is 10.5 Å². The summed E-state index contributed by atoms with van der Waals surface area (Å²) in [5.74, 6) is -3.51. The minimum Gasteiger partial charge on any atom is -1.00 e. The number of aromatic hydroxyl groups is 1. The third-order valence-corrected chi connectivity index (χ3v) is 5.90. The van der Waals surface area contributed by atoms with Gasteiger partial charge in [-0.3, -0.25) is 0 Å². The Morgan fingerprint density at radius 2 is 1.43 bits per heavy atom. The summed E-state index contributed by atoms with van der Waals surface area (Å²) >= 11 is 0. The third-order valence-electron chi connectivity index (χ3n) is 4.18. The zero-order chi connectivity index (χ0) is 34.6. The second-order valence-electron chi connectivity index (χ2n) is 7.24. The predicted octanol–water partition coefficient (Wildman–Crippen LogP) is -1.34. The molecule has 3 aromatic carbocycles. The number of phenolic OH excluding ortho intramolecular Hbond substituents is 1. The Labute approximate surface area is 280 Å². The van der Waals surface area contributed by atoms with E-state index in [0.717, 1.165) is 30.3 Å². The fraction of sp³-hybridized carbons (Fsp3) is 0. The SMILES string of the molecule is N#Cc1c(F)cccc1OS(N)(=O)=O.N#Cc1c(O)cccc1F.NC1=NS(=O)(=O)Oc2cccc(F)c21.O=C=NS(=O)(=O)Cl.[I-]. The zero-order valence-electron chi connectivity index (χ0n) is 21.9. The van der Waals surface area contributed by atoms with Crippen molar-refractivity contribution in [3.63, 3.8) is 0 Å². The highest BCUT2D eigenvalue weighted by atomic mass is 127. The fourth-order valence-electron chi connectivity index (χ4n) is 2.60. The Morgan fingerprint density at radius 3 is 1.87 bits per heavy atom. The molecule has 246 valence electrons.